The average Bonchev–Trinajstić information content (AvgIpc) is 2.00. The van der Waals surface area contributed by atoms with Gasteiger partial charge in [-0.15, -0.1) is 0 Å². The lowest BCUT2D eigenvalue weighted by Gasteiger charge is -2.04. The van der Waals surface area contributed by atoms with Crippen molar-refractivity contribution >= 4 is 34.2 Å². The van der Waals surface area contributed by atoms with Crippen LogP contribution in [0.5, 0.6) is 5.75 Å². The number of aromatic nitrogens is 1. The maximum absolute atomic E-state index is 12.1. The molecule has 0 aromatic carbocycles. The van der Waals surface area contributed by atoms with Gasteiger partial charge in [-0.1, -0.05) is 11.6 Å². The number of rotatable bonds is 1. The lowest BCUT2D eigenvalue weighted by Crippen LogP contribution is -1.91. The lowest BCUT2D eigenvalue weighted by atomic mass is 10.3. The van der Waals surface area contributed by atoms with E-state index in [1.54, 1.807) is 22.6 Å². The maximum Gasteiger partial charge on any atom is 0.266 e. The summed E-state index contributed by atoms with van der Waals surface area (Å²) in [6, 6.07) is 0. The van der Waals surface area contributed by atoms with E-state index in [9.17, 15) is 8.78 Å². The van der Waals surface area contributed by atoms with Crippen molar-refractivity contribution in [2.75, 3.05) is 0 Å². The van der Waals surface area contributed by atoms with Crippen LogP contribution in [0.15, 0.2) is 6.20 Å². The number of halogens is 4. The first-order valence-electron chi connectivity index (χ1n) is 2.85. The number of aromatic hydroxyl groups is 1. The smallest absolute Gasteiger partial charge is 0.266 e. The molecular weight excluding hydrogens is 302 g/mol. The first-order valence-corrected chi connectivity index (χ1v) is 4.30. The fourth-order valence-corrected chi connectivity index (χ4v) is 1.41. The molecule has 0 unspecified atom stereocenters. The molecular formula is C6H3ClF2INO. The molecule has 1 aromatic heterocycles. The van der Waals surface area contributed by atoms with Crippen LogP contribution >= 0.6 is 34.2 Å². The molecule has 66 valence electrons. The molecule has 12 heavy (non-hydrogen) atoms. The van der Waals surface area contributed by atoms with Crippen LogP contribution in [-0.2, 0) is 0 Å². The molecule has 0 radical (unpaired) electrons. The standard InChI is InChI=1S/C6H3ClF2INO/c7-3-2(5(8)9)1-11-6(10)4(3)12/h1,5,12H. The quantitative estimate of drug-likeness (QED) is 0.639. The van der Waals surface area contributed by atoms with Gasteiger partial charge in [-0.2, -0.15) is 0 Å². The number of nitrogens with zero attached hydrogens (tertiary/aromatic N) is 1. The molecule has 0 fully saturated rings. The highest BCUT2D eigenvalue weighted by molar-refractivity contribution is 14.1. The maximum atomic E-state index is 12.1. The Morgan fingerprint density at radius 3 is 2.67 bits per heavy atom. The fourth-order valence-electron chi connectivity index (χ4n) is 0.623. The summed E-state index contributed by atoms with van der Waals surface area (Å²) in [6.07, 6.45) is -1.76. The normalized spacial score (nSPS) is 10.8. The van der Waals surface area contributed by atoms with Crippen molar-refractivity contribution in [3.8, 4) is 5.75 Å². The Balaban J connectivity index is 3.27. The minimum absolute atomic E-state index is 0.210. The molecule has 1 heterocycles. The number of pyridine rings is 1. The van der Waals surface area contributed by atoms with E-state index in [0.717, 1.165) is 6.20 Å². The molecule has 0 saturated heterocycles. The Hall–Kier alpha value is -0.170. The minimum Gasteiger partial charge on any atom is -0.504 e. The molecule has 0 aliphatic heterocycles. The Labute approximate surface area is 85.7 Å². The molecule has 1 rings (SSSR count). The van der Waals surface area contributed by atoms with Gasteiger partial charge >= 0.3 is 0 Å². The Morgan fingerprint density at radius 2 is 2.17 bits per heavy atom. The third kappa shape index (κ3) is 1.77. The highest BCUT2D eigenvalue weighted by Crippen LogP contribution is 2.35. The van der Waals surface area contributed by atoms with Gasteiger partial charge in [0.25, 0.3) is 6.43 Å². The van der Waals surface area contributed by atoms with Crippen molar-refractivity contribution in [3.05, 3.63) is 20.5 Å². The topological polar surface area (TPSA) is 33.1 Å². The van der Waals surface area contributed by atoms with Gasteiger partial charge in [0.05, 0.1) is 10.6 Å². The summed E-state index contributed by atoms with van der Waals surface area (Å²) in [5, 5.41) is 8.77. The van der Waals surface area contributed by atoms with E-state index in [-0.39, 0.29) is 8.72 Å². The molecule has 0 amide bonds. The monoisotopic (exact) mass is 305 g/mol. The molecule has 0 aliphatic rings. The van der Waals surface area contributed by atoms with E-state index >= 15 is 0 Å². The lowest BCUT2D eigenvalue weighted by molar-refractivity contribution is 0.150. The molecule has 0 bridgehead atoms. The van der Waals surface area contributed by atoms with Gasteiger partial charge in [0.2, 0.25) is 0 Å². The molecule has 0 spiro atoms. The van der Waals surface area contributed by atoms with E-state index in [2.05, 4.69) is 4.98 Å². The van der Waals surface area contributed by atoms with E-state index < -0.39 is 17.7 Å². The predicted molar refractivity (Wildman–Crippen MR) is 48.6 cm³/mol. The molecule has 2 nitrogen and oxygen atoms in total. The number of alkyl halides is 2. The summed E-state index contributed by atoms with van der Waals surface area (Å²) in [7, 11) is 0. The summed E-state index contributed by atoms with van der Waals surface area (Å²) in [5.41, 5.74) is -0.449. The van der Waals surface area contributed by atoms with E-state index in [0.29, 0.717) is 0 Å². The highest BCUT2D eigenvalue weighted by atomic mass is 127. The average molecular weight is 305 g/mol. The van der Waals surface area contributed by atoms with Gasteiger partial charge in [-0.05, 0) is 22.6 Å². The van der Waals surface area contributed by atoms with E-state index in [1.165, 1.54) is 0 Å². The Bertz CT molecular complexity index is 308. The Morgan fingerprint density at radius 1 is 1.58 bits per heavy atom. The van der Waals surface area contributed by atoms with Crippen molar-refractivity contribution in [3.63, 3.8) is 0 Å². The van der Waals surface area contributed by atoms with Crippen LogP contribution in [-0.4, -0.2) is 10.1 Å². The zero-order valence-electron chi connectivity index (χ0n) is 5.56. The zero-order chi connectivity index (χ0) is 9.30. The second-order valence-corrected chi connectivity index (χ2v) is 3.37. The fraction of sp³-hybridized carbons (Fsp3) is 0.167. The molecule has 6 heteroatoms. The van der Waals surface area contributed by atoms with Crippen LogP contribution in [0.3, 0.4) is 0 Å². The summed E-state index contributed by atoms with van der Waals surface area (Å²) < 4.78 is 24.4. The summed E-state index contributed by atoms with van der Waals surface area (Å²) in [6.45, 7) is 0. The van der Waals surface area contributed by atoms with Crippen molar-refractivity contribution in [1.82, 2.24) is 4.98 Å². The van der Waals surface area contributed by atoms with E-state index in [1.807, 2.05) is 0 Å². The second-order valence-electron chi connectivity index (χ2n) is 1.97. The molecule has 1 N–H and O–H groups in total. The van der Waals surface area contributed by atoms with Crippen LogP contribution < -0.4 is 0 Å². The Kier molecular flexibility index (Phi) is 3.05. The van der Waals surface area contributed by atoms with Crippen molar-refractivity contribution in [2.24, 2.45) is 0 Å². The first kappa shape index (κ1) is 9.91. The molecule has 0 saturated carbocycles. The summed E-state index contributed by atoms with van der Waals surface area (Å²) >= 11 is 7.12. The number of hydrogen-bond acceptors (Lipinski definition) is 2. The van der Waals surface area contributed by atoms with E-state index in [4.69, 9.17) is 16.7 Å². The largest absolute Gasteiger partial charge is 0.504 e. The van der Waals surface area contributed by atoms with Gasteiger partial charge in [0.15, 0.2) is 5.75 Å². The molecule has 0 atom stereocenters. The van der Waals surface area contributed by atoms with Crippen molar-refractivity contribution in [2.45, 2.75) is 6.43 Å². The molecule has 1 aromatic rings. The van der Waals surface area contributed by atoms with Crippen LogP contribution in [0.25, 0.3) is 0 Å². The van der Waals surface area contributed by atoms with Crippen molar-refractivity contribution < 1.29 is 13.9 Å². The van der Waals surface area contributed by atoms with Gasteiger partial charge in [0, 0.05) is 6.20 Å². The van der Waals surface area contributed by atoms with Crippen LogP contribution in [0.4, 0.5) is 8.78 Å². The summed E-state index contributed by atoms with van der Waals surface area (Å²) in [5.74, 6) is -0.393. The number of hydrogen-bond donors (Lipinski definition) is 1. The SMILES string of the molecule is Oc1c(I)ncc(C(F)F)c1Cl. The zero-order valence-corrected chi connectivity index (χ0v) is 8.47. The van der Waals surface area contributed by atoms with Gasteiger partial charge in [0.1, 0.15) is 3.70 Å². The van der Waals surface area contributed by atoms with Gasteiger partial charge in [-0.25, -0.2) is 13.8 Å². The van der Waals surface area contributed by atoms with Crippen LogP contribution in [0.2, 0.25) is 5.02 Å². The third-order valence-corrected chi connectivity index (χ3v) is 2.40. The van der Waals surface area contributed by atoms with Gasteiger partial charge in [-0.3, -0.25) is 0 Å². The van der Waals surface area contributed by atoms with Crippen molar-refractivity contribution in [1.29, 1.82) is 0 Å². The second kappa shape index (κ2) is 3.69. The molecule has 0 aliphatic carbocycles. The van der Waals surface area contributed by atoms with Crippen LogP contribution in [0.1, 0.15) is 12.0 Å². The van der Waals surface area contributed by atoms with Gasteiger partial charge < -0.3 is 5.11 Å². The minimum atomic E-state index is -2.71. The third-order valence-electron chi connectivity index (χ3n) is 1.21. The highest BCUT2D eigenvalue weighted by Gasteiger charge is 2.17. The predicted octanol–water partition coefficient (Wildman–Crippen LogP) is 2.98. The van der Waals surface area contributed by atoms with Crippen LogP contribution in [0, 0.1) is 3.70 Å². The first-order chi connectivity index (χ1) is 5.54. The summed E-state index contributed by atoms with van der Waals surface area (Å²) in [4.78, 5) is 3.53.